The number of fused-ring (bicyclic) bond motifs is 1. The Bertz CT molecular complexity index is 971. The maximum atomic E-state index is 12.5. The minimum Gasteiger partial charge on any atom is -0.482 e. The fourth-order valence-corrected chi connectivity index (χ4v) is 2.94. The Kier molecular flexibility index (Phi) is 4.52. The maximum Gasteiger partial charge on any atom is 0.265 e. The van der Waals surface area contributed by atoms with Crippen LogP contribution in [0, 0.1) is 0 Å². The lowest BCUT2D eigenvalue weighted by molar-refractivity contribution is -0.121. The van der Waals surface area contributed by atoms with Crippen LogP contribution in [0.5, 0.6) is 5.75 Å². The van der Waals surface area contributed by atoms with Gasteiger partial charge in [0.2, 0.25) is 5.91 Å². The quantitative estimate of drug-likeness (QED) is 0.749. The first-order valence-electron chi connectivity index (χ1n) is 8.48. The molecule has 0 aliphatic carbocycles. The first-order chi connectivity index (χ1) is 13.2. The van der Waals surface area contributed by atoms with Crippen molar-refractivity contribution in [3.05, 3.63) is 61.2 Å². The molecule has 1 aromatic heterocycles. The summed E-state index contributed by atoms with van der Waals surface area (Å²) in [7, 11) is 0. The third-order valence-corrected chi connectivity index (χ3v) is 4.21. The fraction of sp³-hybridized carbons (Fsp3) is 0.158. The van der Waals surface area contributed by atoms with Gasteiger partial charge in [-0.3, -0.25) is 9.59 Å². The van der Waals surface area contributed by atoms with Crippen molar-refractivity contribution < 1.29 is 14.3 Å². The number of carbonyl (C=O) groups excluding carboxylic acids is 2. The zero-order valence-electron chi connectivity index (χ0n) is 14.4. The molecule has 8 nitrogen and oxygen atoms in total. The van der Waals surface area contributed by atoms with E-state index in [9.17, 15) is 9.59 Å². The van der Waals surface area contributed by atoms with Gasteiger partial charge in [0.1, 0.15) is 18.4 Å². The Morgan fingerprint density at radius 1 is 1.11 bits per heavy atom. The number of nitrogens with one attached hydrogen (secondary N) is 1. The number of hydrogen-bond acceptors (Lipinski definition) is 5. The van der Waals surface area contributed by atoms with Crippen LogP contribution < -0.4 is 15.0 Å². The molecule has 0 saturated carbocycles. The van der Waals surface area contributed by atoms with Gasteiger partial charge in [0.05, 0.1) is 17.1 Å². The van der Waals surface area contributed by atoms with Crippen LogP contribution in [-0.4, -0.2) is 39.7 Å². The van der Waals surface area contributed by atoms with E-state index in [-0.39, 0.29) is 31.4 Å². The molecule has 0 bridgehead atoms. The Morgan fingerprint density at radius 3 is 2.70 bits per heavy atom. The third-order valence-electron chi connectivity index (χ3n) is 4.21. The standard InChI is InChI=1S/C19H17N5O3/c25-18(22-14-5-1-2-6-15(14)24-13-20-12-21-24)9-10-23-16-7-3-4-8-17(16)27-11-19(23)26/h1-8,12-13H,9-11H2,(H,22,25). The lowest BCUT2D eigenvalue weighted by Crippen LogP contribution is -2.40. The molecule has 8 heteroatoms. The first-order valence-corrected chi connectivity index (χ1v) is 8.48. The smallest absolute Gasteiger partial charge is 0.265 e. The SMILES string of the molecule is O=C(CCN1C(=O)COc2ccccc21)Nc1ccccc1-n1cncn1. The first kappa shape index (κ1) is 16.8. The zero-order valence-corrected chi connectivity index (χ0v) is 14.4. The highest BCUT2D eigenvalue weighted by atomic mass is 16.5. The topological polar surface area (TPSA) is 89.4 Å². The van der Waals surface area contributed by atoms with Crippen LogP contribution in [0.3, 0.4) is 0 Å². The van der Waals surface area contributed by atoms with Crippen molar-refractivity contribution in [1.29, 1.82) is 0 Å². The molecule has 3 aromatic rings. The summed E-state index contributed by atoms with van der Waals surface area (Å²) < 4.78 is 7.00. The van der Waals surface area contributed by atoms with Crippen molar-refractivity contribution in [2.45, 2.75) is 6.42 Å². The van der Waals surface area contributed by atoms with Crippen LogP contribution in [0.1, 0.15) is 6.42 Å². The van der Waals surface area contributed by atoms with Gasteiger partial charge in [-0.15, -0.1) is 0 Å². The molecule has 2 aromatic carbocycles. The second kappa shape index (κ2) is 7.28. The molecule has 1 aliphatic heterocycles. The van der Waals surface area contributed by atoms with Gasteiger partial charge in [-0.05, 0) is 24.3 Å². The van der Waals surface area contributed by atoms with E-state index < -0.39 is 0 Å². The third kappa shape index (κ3) is 3.50. The number of amides is 2. The van der Waals surface area contributed by atoms with Gasteiger partial charge in [-0.25, -0.2) is 9.67 Å². The van der Waals surface area contributed by atoms with E-state index in [0.717, 1.165) is 5.69 Å². The van der Waals surface area contributed by atoms with Crippen LogP contribution in [-0.2, 0) is 9.59 Å². The van der Waals surface area contributed by atoms with Gasteiger partial charge >= 0.3 is 0 Å². The lowest BCUT2D eigenvalue weighted by Gasteiger charge is -2.29. The normalized spacial score (nSPS) is 13.0. The summed E-state index contributed by atoms with van der Waals surface area (Å²) in [4.78, 5) is 30.2. The maximum absolute atomic E-state index is 12.5. The van der Waals surface area contributed by atoms with Gasteiger partial charge in [-0.2, -0.15) is 5.10 Å². The number of aromatic nitrogens is 3. The number of para-hydroxylation sites is 4. The average molecular weight is 363 g/mol. The predicted octanol–water partition coefficient (Wildman–Crippen LogP) is 2.02. The molecule has 1 aliphatic rings. The fourth-order valence-electron chi connectivity index (χ4n) is 2.94. The summed E-state index contributed by atoms with van der Waals surface area (Å²) in [6, 6.07) is 14.6. The highest BCUT2D eigenvalue weighted by Crippen LogP contribution is 2.31. The van der Waals surface area contributed by atoms with Gasteiger partial charge in [0.25, 0.3) is 5.91 Å². The van der Waals surface area contributed by atoms with Crippen molar-refractivity contribution in [3.8, 4) is 11.4 Å². The molecule has 0 spiro atoms. The van der Waals surface area contributed by atoms with Gasteiger partial charge in [-0.1, -0.05) is 24.3 Å². The number of anilines is 2. The number of carbonyl (C=O) groups is 2. The van der Waals surface area contributed by atoms with Gasteiger partial charge in [0, 0.05) is 13.0 Å². The number of benzene rings is 2. The summed E-state index contributed by atoms with van der Waals surface area (Å²) in [6.45, 7) is 0.254. The second-order valence-electron chi connectivity index (χ2n) is 5.96. The van der Waals surface area contributed by atoms with E-state index in [0.29, 0.717) is 17.1 Å². The minimum atomic E-state index is -0.195. The van der Waals surface area contributed by atoms with E-state index in [1.807, 2.05) is 42.5 Å². The second-order valence-corrected chi connectivity index (χ2v) is 5.96. The van der Waals surface area contributed by atoms with E-state index in [2.05, 4.69) is 15.4 Å². The molecule has 0 atom stereocenters. The van der Waals surface area contributed by atoms with E-state index in [4.69, 9.17) is 4.74 Å². The number of nitrogens with zero attached hydrogens (tertiary/aromatic N) is 4. The molecule has 2 amide bonds. The lowest BCUT2D eigenvalue weighted by atomic mass is 10.2. The molecule has 0 fully saturated rings. The van der Waals surface area contributed by atoms with Crippen molar-refractivity contribution in [2.24, 2.45) is 0 Å². The largest absolute Gasteiger partial charge is 0.482 e. The van der Waals surface area contributed by atoms with Gasteiger partial charge < -0.3 is 15.0 Å². The number of ether oxygens (including phenoxy) is 1. The monoisotopic (exact) mass is 363 g/mol. The van der Waals surface area contributed by atoms with Crippen LogP contribution in [0.4, 0.5) is 11.4 Å². The molecular formula is C19H17N5O3. The highest BCUT2D eigenvalue weighted by Gasteiger charge is 2.25. The average Bonchev–Trinajstić information content (AvgIpc) is 3.22. The highest BCUT2D eigenvalue weighted by molar-refractivity contribution is 5.99. The Morgan fingerprint density at radius 2 is 1.89 bits per heavy atom. The van der Waals surface area contributed by atoms with Crippen LogP contribution >= 0.6 is 0 Å². The van der Waals surface area contributed by atoms with E-state index >= 15 is 0 Å². The minimum absolute atomic E-state index is 0.0201. The number of hydrogen-bond donors (Lipinski definition) is 1. The number of rotatable bonds is 5. The molecule has 0 radical (unpaired) electrons. The van der Waals surface area contributed by atoms with Crippen LogP contribution in [0.15, 0.2) is 61.2 Å². The van der Waals surface area contributed by atoms with Crippen molar-refractivity contribution >= 4 is 23.2 Å². The Hall–Kier alpha value is -3.68. The molecule has 0 saturated heterocycles. The molecule has 0 unspecified atom stereocenters. The van der Waals surface area contributed by atoms with Crippen LogP contribution in [0.2, 0.25) is 0 Å². The molecule has 4 rings (SSSR count). The molecule has 27 heavy (non-hydrogen) atoms. The van der Waals surface area contributed by atoms with Crippen molar-refractivity contribution in [3.63, 3.8) is 0 Å². The summed E-state index contributed by atoms with van der Waals surface area (Å²) in [5.74, 6) is 0.290. The van der Waals surface area contributed by atoms with Crippen LogP contribution in [0.25, 0.3) is 5.69 Å². The predicted molar refractivity (Wildman–Crippen MR) is 98.9 cm³/mol. The molecule has 1 N–H and O–H groups in total. The molecular weight excluding hydrogens is 346 g/mol. The van der Waals surface area contributed by atoms with Gasteiger partial charge in [0.15, 0.2) is 6.61 Å². The summed E-state index contributed by atoms with van der Waals surface area (Å²) in [5.41, 5.74) is 2.03. The Labute approximate surface area is 155 Å². The van der Waals surface area contributed by atoms with Crippen molar-refractivity contribution in [2.75, 3.05) is 23.4 Å². The Balaban J connectivity index is 1.45. The molecule has 2 heterocycles. The zero-order chi connectivity index (χ0) is 18.6. The summed E-state index contributed by atoms with van der Waals surface area (Å²) in [6.07, 6.45) is 3.15. The molecule has 136 valence electrons. The van der Waals surface area contributed by atoms with E-state index in [1.165, 1.54) is 6.33 Å². The van der Waals surface area contributed by atoms with E-state index in [1.54, 1.807) is 22.0 Å². The van der Waals surface area contributed by atoms with Crippen molar-refractivity contribution in [1.82, 2.24) is 14.8 Å². The summed E-state index contributed by atoms with van der Waals surface area (Å²) >= 11 is 0. The summed E-state index contributed by atoms with van der Waals surface area (Å²) in [5, 5.41) is 6.98.